The molecule has 1 aliphatic rings. The molecule has 0 aliphatic carbocycles. The minimum Gasteiger partial charge on any atom is -0.379 e. The number of Topliss-reactive ketones (excluding diaryl/α,β-unsaturated/α-hetero) is 1. The second-order valence-electron chi connectivity index (χ2n) is 14.1. The topological polar surface area (TPSA) is 114 Å². The van der Waals surface area contributed by atoms with E-state index in [-0.39, 0.29) is 5.56 Å². The number of halogens is 2. The normalized spacial score (nSPS) is 15.9. The predicted octanol–water partition coefficient (Wildman–Crippen LogP) is 4.91. The van der Waals surface area contributed by atoms with Gasteiger partial charge in [-0.25, -0.2) is 13.6 Å². The van der Waals surface area contributed by atoms with Gasteiger partial charge in [0.1, 0.15) is 11.8 Å². The van der Waals surface area contributed by atoms with E-state index >= 15 is 0 Å². The molecular formula is C36H45F2N3O6. The number of hydrogen-bond donors (Lipinski definition) is 2. The van der Waals surface area contributed by atoms with Crippen LogP contribution in [0, 0.1) is 28.1 Å². The lowest BCUT2D eigenvalue weighted by Gasteiger charge is -2.37. The van der Waals surface area contributed by atoms with Crippen LogP contribution in [0.15, 0.2) is 48.5 Å². The van der Waals surface area contributed by atoms with Crippen molar-refractivity contribution < 1.29 is 37.5 Å². The number of hydroxylamine groups is 1. The summed E-state index contributed by atoms with van der Waals surface area (Å²) in [5.74, 6) is 2.75. The first-order valence-electron chi connectivity index (χ1n) is 15.5. The molecule has 2 aromatic carbocycles. The number of rotatable bonds is 9. The lowest BCUT2D eigenvalue weighted by Crippen LogP contribution is -2.59. The van der Waals surface area contributed by atoms with Crippen LogP contribution in [0.3, 0.4) is 0 Å². The summed E-state index contributed by atoms with van der Waals surface area (Å²) in [6, 6.07) is 12.1. The zero-order chi connectivity index (χ0) is 35.0. The second-order valence-corrected chi connectivity index (χ2v) is 14.1. The maximum Gasteiger partial charge on any atom is 0.337 e. The Labute approximate surface area is 275 Å². The Kier molecular flexibility index (Phi) is 12.4. The van der Waals surface area contributed by atoms with Crippen molar-refractivity contribution >= 4 is 23.6 Å². The number of benzene rings is 2. The SMILES string of the molecule is CC(C)(C)C(=O)C[C@](C)(C(F)F)[C@H](NC(=O)c1ccc(C#Cc2ccc(CN3CCOCC3)cc2)cc1)C(=O)NOC(=O)C(C)(C)C. The Bertz CT molecular complexity index is 1480. The van der Waals surface area contributed by atoms with Crippen LogP contribution in [0.25, 0.3) is 0 Å². The van der Waals surface area contributed by atoms with Gasteiger partial charge in [-0.1, -0.05) is 51.7 Å². The zero-order valence-corrected chi connectivity index (χ0v) is 28.2. The van der Waals surface area contributed by atoms with Crippen LogP contribution < -0.4 is 10.8 Å². The molecule has 11 heteroatoms. The van der Waals surface area contributed by atoms with Crippen molar-refractivity contribution in [2.45, 2.75) is 73.9 Å². The first kappa shape index (κ1) is 37.3. The summed E-state index contributed by atoms with van der Waals surface area (Å²) < 4.78 is 34.7. The molecule has 2 N–H and O–H groups in total. The average molecular weight is 654 g/mol. The molecule has 1 heterocycles. The molecule has 47 heavy (non-hydrogen) atoms. The molecule has 0 spiro atoms. The van der Waals surface area contributed by atoms with Gasteiger partial charge < -0.3 is 14.9 Å². The second kappa shape index (κ2) is 15.6. The van der Waals surface area contributed by atoms with Gasteiger partial charge in [-0.15, -0.1) is 0 Å². The van der Waals surface area contributed by atoms with Gasteiger partial charge in [-0.05, 0) is 62.7 Å². The van der Waals surface area contributed by atoms with Gasteiger partial charge in [0.2, 0.25) is 6.43 Å². The summed E-state index contributed by atoms with van der Waals surface area (Å²) >= 11 is 0. The van der Waals surface area contributed by atoms with Crippen molar-refractivity contribution in [2.24, 2.45) is 16.2 Å². The summed E-state index contributed by atoms with van der Waals surface area (Å²) in [5, 5.41) is 2.37. The number of carbonyl (C=O) groups is 4. The van der Waals surface area contributed by atoms with E-state index in [2.05, 4.69) is 22.1 Å². The largest absolute Gasteiger partial charge is 0.379 e. The smallest absolute Gasteiger partial charge is 0.337 e. The molecule has 2 aromatic rings. The Morgan fingerprint density at radius 1 is 0.851 bits per heavy atom. The fraction of sp³-hybridized carbons (Fsp3) is 0.500. The first-order chi connectivity index (χ1) is 21.9. The van der Waals surface area contributed by atoms with Crippen LogP contribution in [-0.4, -0.2) is 67.2 Å². The number of hydrogen-bond acceptors (Lipinski definition) is 7. The summed E-state index contributed by atoms with van der Waals surface area (Å²) in [5.41, 5.74) is 0.266. The third-order valence-electron chi connectivity index (χ3n) is 7.89. The standard InChI is InChI=1S/C36H45F2N3O6/c1-34(2,3)28(42)22-36(7,32(37)38)29(31(44)40-47-33(45)35(4,5)6)39-30(43)27-16-14-25(15-17-27)9-8-24-10-12-26(13-11-24)23-41-18-20-46-21-19-41/h10-17,29,32H,18-23H2,1-7H3,(H,39,43)(H,40,44)/t29-,36+/m1/s1. The Morgan fingerprint density at radius 3 is 1.87 bits per heavy atom. The van der Waals surface area contributed by atoms with E-state index in [1.165, 1.54) is 17.7 Å². The number of nitrogens with one attached hydrogen (secondary N) is 2. The molecule has 1 saturated heterocycles. The van der Waals surface area contributed by atoms with E-state index in [1.807, 2.05) is 29.7 Å². The van der Waals surface area contributed by atoms with Crippen molar-refractivity contribution in [3.63, 3.8) is 0 Å². The molecule has 9 nitrogen and oxygen atoms in total. The summed E-state index contributed by atoms with van der Waals surface area (Å²) in [7, 11) is 0. The number of carbonyl (C=O) groups excluding carboxylic acids is 4. The van der Waals surface area contributed by atoms with Crippen molar-refractivity contribution in [3.05, 3.63) is 70.8 Å². The highest BCUT2D eigenvalue weighted by atomic mass is 19.3. The summed E-state index contributed by atoms with van der Waals surface area (Å²) in [6.45, 7) is 14.5. The Balaban J connectivity index is 1.77. The quantitative estimate of drug-likeness (QED) is 0.292. The molecule has 2 amide bonds. The molecule has 1 fully saturated rings. The molecule has 254 valence electrons. The van der Waals surface area contributed by atoms with Crippen LogP contribution in [0.4, 0.5) is 8.78 Å². The first-order valence-corrected chi connectivity index (χ1v) is 15.5. The monoisotopic (exact) mass is 653 g/mol. The number of morpholine rings is 1. The van der Waals surface area contributed by atoms with Gasteiger partial charge in [0.25, 0.3) is 11.8 Å². The van der Waals surface area contributed by atoms with E-state index in [0.717, 1.165) is 45.3 Å². The van der Waals surface area contributed by atoms with Crippen LogP contribution in [0.2, 0.25) is 0 Å². The molecule has 0 radical (unpaired) electrons. The highest BCUT2D eigenvalue weighted by Crippen LogP contribution is 2.37. The van der Waals surface area contributed by atoms with Gasteiger partial charge >= 0.3 is 5.97 Å². The van der Waals surface area contributed by atoms with Gasteiger partial charge in [-0.2, -0.15) is 5.48 Å². The molecule has 0 aromatic heterocycles. The molecule has 2 atom stereocenters. The molecule has 0 bridgehead atoms. The number of ether oxygens (including phenoxy) is 1. The number of nitrogens with zero attached hydrogens (tertiary/aromatic N) is 1. The minimum atomic E-state index is -3.20. The molecular weight excluding hydrogens is 608 g/mol. The van der Waals surface area contributed by atoms with Gasteiger partial charge in [0.05, 0.1) is 24.0 Å². The predicted molar refractivity (Wildman–Crippen MR) is 173 cm³/mol. The van der Waals surface area contributed by atoms with E-state index in [9.17, 15) is 28.0 Å². The fourth-order valence-electron chi connectivity index (χ4n) is 4.53. The van der Waals surface area contributed by atoms with Crippen LogP contribution in [0.5, 0.6) is 0 Å². The third-order valence-corrected chi connectivity index (χ3v) is 7.89. The number of ketones is 1. The van der Waals surface area contributed by atoms with Crippen molar-refractivity contribution in [1.82, 2.24) is 15.7 Å². The van der Waals surface area contributed by atoms with Crippen molar-refractivity contribution in [2.75, 3.05) is 26.3 Å². The van der Waals surface area contributed by atoms with E-state index < -0.39 is 58.7 Å². The maximum atomic E-state index is 14.7. The lowest BCUT2D eigenvalue weighted by atomic mass is 9.73. The number of amides is 2. The third kappa shape index (κ3) is 10.7. The van der Waals surface area contributed by atoms with E-state index in [4.69, 9.17) is 9.57 Å². The molecule has 3 rings (SSSR count). The fourth-order valence-corrected chi connectivity index (χ4v) is 4.53. The highest BCUT2D eigenvalue weighted by Gasteiger charge is 2.50. The van der Waals surface area contributed by atoms with Crippen LogP contribution in [-0.2, 0) is 30.5 Å². The molecule has 0 saturated carbocycles. The minimum absolute atomic E-state index is 0.0752. The van der Waals surface area contributed by atoms with Crippen LogP contribution >= 0.6 is 0 Å². The summed E-state index contributed by atoms with van der Waals surface area (Å²) in [4.78, 5) is 58.9. The van der Waals surface area contributed by atoms with Crippen molar-refractivity contribution in [1.29, 1.82) is 0 Å². The average Bonchev–Trinajstić information content (AvgIpc) is 3.01. The molecule has 0 unspecified atom stereocenters. The highest BCUT2D eigenvalue weighted by molar-refractivity contribution is 5.98. The van der Waals surface area contributed by atoms with Crippen LogP contribution in [0.1, 0.15) is 81.9 Å². The van der Waals surface area contributed by atoms with Gasteiger partial charge in [0, 0.05) is 48.2 Å². The van der Waals surface area contributed by atoms with Gasteiger partial charge in [-0.3, -0.25) is 19.3 Å². The zero-order valence-electron chi connectivity index (χ0n) is 28.2. The lowest BCUT2D eigenvalue weighted by molar-refractivity contribution is -0.169. The van der Waals surface area contributed by atoms with E-state index in [0.29, 0.717) is 5.56 Å². The molecule has 1 aliphatic heterocycles. The number of alkyl halides is 2. The Hall–Kier alpha value is -4.14. The summed E-state index contributed by atoms with van der Waals surface area (Å²) in [6.07, 6.45) is -3.92. The van der Waals surface area contributed by atoms with Crippen molar-refractivity contribution in [3.8, 4) is 11.8 Å². The maximum absolute atomic E-state index is 14.7. The Morgan fingerprint density at radius 2 is 1.38 bits per heavy atom. The van der Waals surface area contributed by atoms with E-state index in [1.54, 1.807) is 53.7 Å². The van der Waals surface area contributed by atoms with Gasteiger partial charge in [0.15, 0.2) is 0 Å².